The van der Waals surface area contributed by atoms with E-state index in [-0.39, 0.29) is 6.61 Å². The van der Waals surface area contributed by atoms with Crippen LogP contribution in [-0.2, 0) is 0 Å². The molecule has 3 rings (SSSR count). The number of benzene rings is 2. The van der Waals surface area contributed by atoms with Gasteiger partial charge in [-0.05, 0) is 28.8 Å². The van der Waals surface area contributed by atoms with Gasteiger partial charge in [0, 0.05) is 39.3 Å². The average Bonchev–Trinajstić information content (AvgIpc) is 2.60. The molecule has 0 radical (unpaired) electrons. The zero-order valence-corrected chi connectivity index (χ0v) is 13.6. The number of nitrogens with zero attached hydrogens (tertiary/aromatic N) is 2. The first kappa shape index (κ1) is 16.4. The molecule has 4 nitrogen and oxygen atoms in total. The van der Waals surface area contributed by atoms with Crippen molar-refractivity contribution in [2.75, 3.05) is 45.9 Å². The van der Waals surface area contributed by atoms with E-state index in [1.807, 2.05) is 18.2 Å². The van der Waals surface area contributed by atoms with Crippen LogP contribution in [0.25, 0.3) is 10.8 Å². The normalized spacial score (nSPS) is 18.3. The van der Waals surface area contributed by atoms with E-state index in [1.165, 1.54) is 10.8 Å². The molecule has 0 spiro atoms. The molecule has 2 aromatic rings. The SMILES string of the molecule is OCCN1CCN(CCC(O)c2ccc3ccccc3c2)CC1. The molecule has 0 bridgehead atoms. The molecule has 0 amide bonds. The number of rotatable bonds is 6. The third-order valence-electron chi connectivity index (χ3n) is 4.76. The fraction of sp³-hybridized carbons (Fsp3) is 0.474. The maximum atomic E-state index is 10.5. The highest BCUT2D eigenvalue weighted by Gasteiger charge is 2.17. The monoisotopic (exact) mass is 314 g/mol. The molecule has 1 fully saturated rings. The molecule has 1 atom stereocenters. The Bertz CT molecular complexity index is 624. The van der Waals surface area contributed by atoms with Crippen molar-refractivity contribution in [3.8, 4) is 0 Å². The van der Waals surface area contributed by atoms with Crippen molar-refractivity contribution >= 4 is 10.8 Å². The van der Waals surface area contributed by atoms with Crippen LogP contribution in [0.5, 0.6) is 0 Å². The second-order valence-corrected chi connectivity index (χ2v) is 6.32. The number of piperazine rings is 1. The van der Waals surface area contributed by atoms with Gasteiger partial charge in [-0.1, -0.05) is 36.4 Å². The van der Waals surface area contributed by atoms with Gasteiger partial charge >= 0.3 is 0 Å². The Morgan fingerprint density at radius 3 is 2.22 bits per heavy atom. The van der Waals surface area contributed by atoms with Crippen LogP contribution in [0.4, 0.5) is 0 Å². The van der Waals surface area contributed by atoms with Crippen LogP contribution in [0.15, 0.2) is 42.5 Å². The van der Waals surface area contributed by atoms with E-state index >= 15 is 0 Å². The summed E-state index contributed by atoms with van der Waals surface area (Å²) in [5.41, 5.74) is 1.00. The summed E-state index contributed by atoms with van der Waals surface area (Å²) >= 11 is 0. The summed E-state index contributed by atoms with van der Waals surface area (Å²) in [4.78, 5) is 4.69. The molecule has 0 saturated carbocycles. The molecule has 1 unspecified atom stereocenters. The number of aliphatic hydroxyl groups is 2. The molecule has 0 aromatic heterocycles. The lowest BCUT2D eigenvalue weighted by atomic mass is 10.0. The Morgan fingerprint density at radius 1 is 0.870 bits per heavy atom. The van der Waals surface area contributed by atoms with E-state index in [2.05, 4.69) is 34.1 Å². The Hall–Kier alpha value is -1.46. The first-order valence-electron chi connectivity index (χ1n) is 8.48. The fourth-order valence-electron chi connectivity index (χ4n) is 3.26. The summed E-state index contributed by atoms with van der Waals surface area (Å²) in [6.07, 6.45) is 0.355. The molecule has 1 aliphatic heterocycles. The van der Waals surface area contributed by atoms with Crippen molar-refractivity contribution in [3.63, 3.8) is 0 Å². The molecule has 1 heterocycles. The lowest BCUT2D eigenvalue weighted by Gasteiger charge is -2.34. The van der Waals surface area contributed by atoms with Gasteiger partial charge in [0.25, 0.3) is 0 Å². The summed E-state index contributed by atoms with van der Waals surface area (Å²) in [5.74, 6) is 0. The van der Waals surface area contributed by atoms with Crippen LogP contribution in [0, 0.1) is 0 Å². The van der Waals surface area contributed by atoms with E-state index in [0.717, 1.165) is 51.3 Å². The number of hydrogen-bond acceptors (Lipinski definition) is 4. The molecule has 1 saturated heterocycles. The van der Waals surface area contributed by atoms with Crippen molar-refractivity contribution in [1.29, 1.82) is 0 Å². The van der Waals surface area contributed by atoms with Crippen LogP contribution in [-0.4, -0.2) is 65.9 Å². The predicted molar refractivity (Wildman–Crippen MR) is 93.5 cm³/mol. The number of β-amino-alcohol motifs (C(OH)–C–C–N with tert-alkyl or cyclic N) is 1. The van der Waals surface area contributed by atoms with E-state index in [9.17, 15) is 5.11 Å². The molecular weight excluding hydrogens is 288 g/mol. The van der Waals surface area contributed by atoms with Gasteiger partial charge in [0.2, 0.25) is 0 Å². The maximum absolute atomic E-state index is 10.5. The van der Waals surface area contributed by atoms with Crippen molar-refractivity contribution in [2.45, 2.75) is 12.5 Å². The van der Waals surface area contributed by atoms with Crippen LogP contribution < -0.4 is 0 Å². The predicted octanol–water partition coefficient (Wildman–Crippen LogP) is 1.87. The van der Waals surface area contributed by atoms with E-state index < -0.39 is 6.10 Å². The molecule has 4 heteroatoms. The lowest BCUT2D eigenvalue weighted by molar-refractivity contribution is 0.0924. The molecule has 2 N–H and O–H groups in total. The van der Waals surface area contributed by atoms with Crippen LogP contribution in [0.2, 0.25) is 0 Å². The Balaban J connectivity index is 1.51. The maximum Gasteiger partial charge on any atom is 0.0802 e. The van der Waals surface area contributed by atoms with Crippen LogP contribution >= 0.6 is 0 Å². The average molecular weight is 314 g/mol. The van der Waals surface area contributed by atoms with Crippen LogP contribution in [0.1, 0.15) is 18.1 Å². The fourth-order valence-corrected chi connectivity index (χ4v) is 3.26. The lowest BCUT2D eigenvalue weighted by Crippen LogP contribution is -2.47. The Kier molecular flexibility index (Phi) is 5.62. The third-order valence-corrected chi connectivity index (χ3v) is 4.76. The molecule has 1 aliphatic rings. The van der Waals surface area contributed by atoms with Gasteiger partial charge in [0.15, 0.2) is 0 Å². The standard InChI is InChI=1S/C19H26N2O2/c22-14-13-21-11-9-20(10-12-21)8-7-19(23)18-6-5-16-3-1-2-4-17(16)15-18/h1-6,15,19,22-23H,7-14H2. The largest absolute Gasteiger partial charge is 0.395 e. The minimum Gasteiger partial charge on any atom is -0.395 e. The summed E-state index contributed by atoms with van der Waals surface area (Å²) in [5, 5.41) is 21.8. The number of fused-ring (bicyclic) bond motifs is 1. The summed E-state index contributed by atoms with van der Waals surface area (Å²) < 4.78 is 0. The van der Waals surface area contributed by atoms with Crippen LogP contribution in [0.3, 0.4) is 0 Å². The van der Waals surface area contributed by atoms with Crippen molar-refractivity contribution < 1.29 is 10.2 Å². The summed E-state index contributed by atoms with van der Waals surface area (Å²) in [6, 6.07) is 14.5. The molecule has 0 aliphatic carbocycles. The highest BCUT2D eigenvalue weighted by Crippen LogP contribution is 2.22. The van der Waals surface area contributed by atoms with E-state index in [1.54, 1.807) is 0 Å². The zero-order valence-electron chi connectivity index (χ0n) is 13.6. The van der Waals surface area contributed by atoms with Gasteiger partial charge in [0.05, 0.1) is 12.7 Å². The zero-order chi connectivity index (χ0) is 16.1. The molecule has 124 valence electrons. The van der Waals surface area contributed by atoms with Gasteiger partial charge < -0.3 is 15.1 Å². The van der Waals surface area contributed by atoms with Crippen molar-refractivity contribution in [1.82, 2.24) is 9.80 Å². The summed E-state index contributed by atoms with van der Waals surface area (Å²) in [6.45, 7) is 5.98. The topological polar surface area (TPSA) is 46.9 Å². The third kappa shape index (κ3) is 4.30. The first-order chi connectivity index (χ1) is 11.3. The summed E-state index contributed by atoms with van der Waals surface area (Å²) in [7, 11) is 0. The van der Waals surface area contributed by atoms with Crippen molar-refractivity contribution in [2.24, 2.45) is 0 Å². The second-order valence-electron chi connectivity index (χ2n) is 6.32. The first-order valence-corrected chi connectivity index (χ1v) is 8.48. The van der Waals surface area contributed by atoms with Gasteiger partial charge in [-0.25, -0.2) is 0 Å². The second kappa shape index (κ2) is 7.88. The Morgan fingerprint density at radius 2 is 1.52 bits per heavy atom. The van der Waals surface area contributed by atoms with Gasteiger partial charge in [-0.15, -0.1) is 0 Å². The van der Waals surface area contributed by atoms with E-state index in [0.29, 0.717) is 0 Å². The van der Waals surface area contributed by atoms with Gasteiger partial charge in [0.1, 0.15) is 0 Å². The minimum atomic E-state index is -0.407. The Labute approximate surface area is 137 Å². The van der Waals surface area contributed by atoms with E-state index in [4.69, 9.17) is 5.11 Å². The smallest absolute Gasteiger partial charge is 0.0802 e. The molecular formula is C19H26N2O2. The van der Waals surface area contributed by atoms with Gasteiger partial charge in [-0.3, -0.25) is 4.90 Å². The van der Waals surface area contributed by atoms with Gasteiger partial charge in [-0.2, -0.15) is 0 Å². The molecule has 23 heavy (non-hydrogen) atoms. The number of hydrogen-bond donors (Lipinski definition) is 2. The quantitative estimate of drug-likeness (QED) is 0.854. The highest BCUT2D eigenvalue weighted by molar-refractivity contribution is 5.83. The highest BCUT2D eigenvalue weighted by atomic mass is 16.3. The molecule has 2 aromatic carbocycles. The van der Waals surface area contributed by atoms with Crippen molar-refractivity contribution in [3.05, 3.63) is 48.0 Å². The minimum absolute atomic E-state index is 0.237. The number of aliphatic hydroxyl groups excluding tert-OH is 2.